The van der Waals surface area contributed by atoms with Gasteiger partial charge in [0, 0.05) is 36.0 Å². The van der Waals surface area contributed by atoms with E-state index in [9.17, 15) is 9.18 Å². The number of halogens is 1. The van der Waals surface area contributed by atoms with Crippen molar-refractivity contribution < 1.29 is 18.7 Å². The summed E-state index contributed by atoms with van der Waals surface area (Å²) in [6.45, 7) is 6.85. The van der Waals surface area contributed by atoms with Crippen molar-refractivity contribution in [1.82, 2.24) is 9.88 Å². The molecule has 1 amide bonds. The number of aromatic nitrogens is 1. The number of thiazole rings is 1. The fourth-order valence-corrected chi connectivity index (χ4v) is 3.88. The first-order valence-electron chi connectivity index (χ1n) is 8.54. The van der Waals surface area contributed by atoms with E-state index >= 15 is 0 Å². The second-order valence-electron chi connectivity index (χ2n) is 7.33. The zero-order chi connectivity index (χ0) is 18.9. The molecule has 1 aliphatic rings. The SMILES string of the molecule is COc1cc(F)ccc1-c1csc([C@@H]2CCN(C(=O)OC(C)(C)C)C2)n1. The Labute approximate surface area is 156 Å². The predicted molar refractivity (Wildman–Crippen MR) is 99.2 cm³/mol. The van der Waals surface area contributed by atoms with Gasteiger partial charge in [0.2, 0.25) is 0 Å². The number of carbonyl (C=O) groups is 1. The quantitative estimate of drug-likeness (QED) is 0.778. The van der Waals surface area contributed by atoms with Crippen LogP contribution in [0.25, 0.3) is 11.3 Å². The van der Waals surface area contributed by atoms with Crippen LogP contribution in [0.4, 0.5) is 9.18 Å². The van der Waals surface area contributed by atoms with Gasteiger partial charge in [-0.25, -0.2) is 14.2 Å². The number of hydrogen-bond acceptors (Lipinski definition) is 5. The summed E-state index contributed by atoms with van der Waals surface area (Å²) < 4.78 is 24.1. The largest absolute Gasteiger partial charge is 0.496 e. The molecule has 2 heterocycles. The van der Waals surface area contributed by atoms with E-state index in [0.29, 0.717) is 18.8 Å². The van der Waals surface area contributed by atoms with Crippen molar-refractivity contribution in [3.63, 3.8) is 0 Å². The molecule has 1 aliphatic heterocycles. The molecular formula is C19H23FN2O3S. The Hall–Kier alpha value is -2.15. The molecule has 1 aromatic heterocycles. The summed E-state index contributed by atoms with van der Waals surface area (Å²) >= 11 is 1.55. The number of carbonyl (C=O) groups excluding carboxylic acids is 1. The summed E-state index contributed by atoms with van der Waals surface area (Å²) in [5, 5.41) is 2.92. The summed E-state index contributed by atoms with van der Waals surface area (Å²) in [7, 11) is 1.52. The third-order valence-corrected chi connectivity index (χ3v) is 5.16. The van der Waals surface area contributed by atoms with Crippen LogP contribution >= 0.6 is 11.3 Å². The smallest absolute Gasteiger partial charge is 0.410 e. The number of methoxy groups -OCH3 is 1. The van der Waals surface area contributed by atoms with Crippen molar-refractivity contribution in [3.8, 4) is 17.0 Å². The second kappa shape index (κ2) is 7.23. The van der Waals surface area contributed by atoms with Crippen LogP contribution in [-0.4, -0.2) is 41.8 Å². The van der Waals surface area contributed by atoms with Crippen molar-refractivity contribution in [1.29, 1.82) is 0 Å². The lowest BCUT2D eigenvalue weighted by atomic mass is 10.1. The average Bonchev–Trinajstić information content (AvgIpc) is 3.22. The van der Waals surface area contributed by atoms with Crippen LogP contribution < -0.4 is 4.74 Å². The maximum Gasteiger partial charge on any atom is 0.410 e. The number of benzene rings is 1. The van der Waals surface area contributed by atoms with Crippen molar-refractivity contribution >= 4 is 17.4 Å². The van der Waals surface area contributed by atoms with E-state index in [1.165, 1.54) is 19.2 Å². The molecule has 0 bridgehead atoms. The van der Waals surface area contributed by atoms with E-state index in [2.05, 4.69) is 0 Å². The zero-order valence-corrected chi connectivity index (χ0v) is 16.2. The van der Waals surface area contributed by atoms with Gasteiger partial charge in [0.1, 0.15) is 17.2 Å². The fourth-order valence-electron chi connectivity index (χ4n) is 2.93. The summed E-state index contributed by atoms with van der Waals surface area (Å²) in [5.41, 5.74) is 1.03. The van der Waals surface area contributed by atoms with Crippen molar-refractivity contribution in [2.24, 2.45) is 0 Å². The van der Waals surface area contributed by atoms with Crippen molar-refractivity contribution in [2.45, 2.75) is 38.7 Å². The standard InChI is InChI=1S/C19H23FN2O3S/c1-19(2,3)25-18(23)22-8-7-12(10-22)17-21-15(11-26-17)14-6-5-13(20)9-16(14)24-4/h5-6,9,11-12H,7-8,10H2,1-4H3/t12-/m1/s1. The Kier molecular flexibility index (Phi) is 5.18. The topological polar surface area (TPSA) is 51.7 Å². The molecule has 0 spiro atoms. The van der Waals surface area contributed by atoms with Crippen LogP contribution in [-0.2, 0) is 4.74 Å². The van der Waals surface area contributed by atoms with Crippen LogP contribution in [0.3, 0.4) is 0 Å². The average molecular weight is 378 g/mol. The van der Waals surface area contributed by atoms with Crippen LogP contribution in [0.5, 0.6) is 5.75 Å². The van der Waals surface area contributed by atoms with Gasteiger partial charge in [-0.1, -0.05) is 0 Å². The minimum absolute atomic E-state index is 0.188. The molecule has 0 radical (unpaired) electrons. The number of likely N-dealkylation sites (tertiary alicyclic amines) is 1. The van der Waals surface area contributed by atoms with Gasteiger partial charge in [0.05, 0.1) is 17.8 Å². The summed E-state index contributed by atoms with van der Waals surface area (Å²) in [6.07, 6.45) is 0.573. The Morgan fingerprint density at radius 3 is 2.85 bits per heavy atom. The van der Waals surface area contributed by atoms with E-state index in [0.717, 1.165) is 22.7 Å². The van der Waals surface area contributed by atoms with Crippen molar-refractivity contribution in [3.05, 3.63) is 34.4 Å². The van der Waals surface area contributed by atoms with Gasteiger partial charge in [-0.2, -0.15) is 0 Å². The van der Waals surface area contributed by atoms with Gasteiger partial charge >= 0.3 is 6.09 Å². The highest BCUT2D eigenvalue weighted by molar-refractivity contribution is 7.10. The highest BCUT2D eigenvalue weighted by Crippen LogP contribution is 2.36. The first kappa shape index (κ1) is 18.6. The molecule has 3 rings (SSSR count). The van der Waals surface area contributed by atoms with Crippen molar-refractivity contribution in [2.75, 3.05) is 20.2 Å². The van der Waals surface area contributed by atoms with E-state index in [4.69, 9.17) is 14.5 Å². The molecule has 0 aliphatic carbocycles. The molecule has 0 N–H and O–H groups in total. The number of amides is 1. The van der Waals surface area contributed by atoms with Crippen LogP contribution in [0, 0.1) is 5.82 Å². The van der Waals surface area contributed by atoms with E-state index in [-0.39, 0.29) is 17.8 Å². The third-order valence-electron chi connectivity index (χ3n) is 4.15. The molecule has 2 aromatic rings. The monoisotopic (exact) mass is 378 g/mol. The van der Waals surface area contributed by atoms with Gasteiger partial charge in [0.15, 0.2) is 0 Å². The number of ether oxygens (including phenoxy) is 2. The predicted octanol–water partition coefficient (Wildman–Crippen LogP) is 4.68. The molecule has 1 aromatic carbocycles. The Bertz CT molecular complexity index is 800. The molecule has 7 heteroatoms. The zero-order valence-electron chi connectivity index (χ0n) is 15.4. The van der Waals surface area contributed by atoms with Gasteiger partial charge < -0.3 is 14.4 Å². The second-order valence-corrected chi connectivity index (χ2v) is 8.22. The molecule has 5 nitrogen and oxygen atoms in total. The maximum atomic E-state index is 13.4. The molecule has 140 valence electrons. The number of rotatable bonds is 3. The van der Waals surface area contributed by atoms with E-state index < -0.39 is 5.60 Å². The highest BCUT2D eigenvalue weighted by atomic mass is 32.1. The molecule has 1 saturated heterocycles. The fraction of sp³-hybridized carbons (Fsp3) is 0.474. The van der Waals surface area contributed by atoms with Gasteiger partial charge in [0.25, 0.3) is 0 Å². The molecule has 0 saturated carbocycles. The number of hydrogen-bond donors (Lipinski definition) is 0. The Balaban J connectivity index is 1.72. The molecular weight excluding hydrogens is 355 g/mol. The normalized spacial score (nSPS) is 17.4. The molecule has 0 unspecified atom stereocenters. The minimum atomic E-state index is -0.497. The van der Waals surface area contributed by atoms with E-state index in [1.807, 2.05) is 26.2 Å². The lowest BCUT2D eigenvalue weighted by molar-refractivity contribution is 0.0292. The summed E-state index contributed by atoms with van der Waals surface area (Å²) in [5.74, 6) is 0.307. The van der Waals surface area contributed by atoms with Crippen LogP contribution in [0.1, 0.15) is 38.1 Å². The summed E-state index contributed by atoms with van der Waals surface area (Å²) in [6, 6.07) is 4.43. The first-order chi connectivity index (χ1) is 12.3. The lowest BCUT2D eigenvalue weighted by Crippen LogP contribution is -2.35. The maximum absolute atomic E-state index is 13.4. The lowest BCUT2D eigenvalue weighted by Gasteiger charge is -2.24. The first-order valence-corrected chi connectivity index (χ1v) is 9.42. The Morgan fingerprint density at radius 2 is 2.15 bits per heavy atom. The Morgan fingerprint density at radius 1 is 1.38 bits per heavy atom. The number of nitrogens with zero attached hydrogens (tertiary/aromatic N) is 2. The third kappa shape index (κ3) is 4.15. The van der Waals surface area contributed by atoms with E-state index in [1.54, 1.807) is 22.3 Å². The molecule has 1 fully saturated rings. The minimum Gasteiger partial charge on any atom is -0.496 e. The van der Waals surface area contributed by atoms with Gasteiger partial charge in [-0.15, -0.1) is 11.3 Å². The molecule has 1 atom stereocenters. The molecule has 26 heavy (non-hydrogen) atoms. The summed E-state index contributed by atoms with van der Waals surface area (Å²) in [4.78, 5) is 18.7. The van der Waals surface area contributed by atoms with Crippen LogP contribution in [0.15, 0.2) is 23.6 Å². The highest BCUT2D eigenvalue weighted by Gasteiger charge is 2.32. The van der Waals surface area contributed by atoms with Gasteiger partial charge in [-0.3, -0.25) is 0 Å². The van der Waals surface area contributed by atoms with Crippen LogP contribution in [0.2, 0.25) is 0 Å². The van der Waals surface area contributed by atoms with Gasteiger partial charge in [-0.05, 0) is 39.3 Å².